The fourth-order valence-electron chi connectivity index (χ4n) is 3.84. The molecule has 3 aromatic heterocycles. The summed E-state index contributed by atoms with van der Waals surface area (Å²) in [4.78, 5) is 31.2. The van der Waals surface area contributed by atoms with Gasteiger partial charge in [-0.2, -0.15) is 4.89 Å². The molecule has 4 aromatic rings. The Morgan fingerprint density at radius 3 is 2.38 bits per heavy atom. The van der Waals surface area contributed by atoms with E-state index in [1.807, 2.05) is 44.2 Å². The second-order valence-electron chi connectivity index (χ2n) is 7.76. The quantitative estimate of drug-likeness (QED) is 0.360. The highest BCUT2D eigenvalue weighted by Crippen LogP contribution is 2.28. The number of piperazine rings is 1. The number of rotatable bonds is 5. The Morgan fingerprint density at radius 1 is 1.00 bits per heavy atom. The smallest absolute Gasteiger partial charge is 0.205 e. The first kappa shape index (κ1) is 20.1. The Balaban J connectivity index is 1.32. The molecule has 0 bridgehead atoms. The normalized spacial score (nSPS) is 14.3. The lowest BCUT2D eigenvalue weighted by molar-refractivity contribution is -0.178. The molecule has 0 aliphatic carbocycles. The van der Waals surface area contributed by atoms with Crippen LogP contribution in [0.15, 0.2) is 34.7 Å². The van der Waals surface area contributed by atoms with Gasteiger partial charge in [0.2, 0.25) is 5.95 Å². The van der Waals surface area contributed by atoms with E-state index >= 15 is 0 Å². The molecule has 1 aliphatic heterocycles. The second kappa shape index (κ2) is 8.04. The molecule has 0 spiro atoms. The van der Waals surface area contributed by atoms with Crippen LogP contribution in [-0.4, -0.2) is 53.2 Å². The Hall–Kier alpha value is -3.79. The molecule has 4 heterocycles. The van der Waals surface area contributed by atoms with Crippen LogP contribution in [0.1, 0.15) is 11.3 Å². The van der Waals surface area contributed by atoms with Gasteiger partial charge in [0.25, 0.3) is 0 Å². The third-order valence-electron chi connectivity index (χ3n) is 5.71. The molecule has 3 N–H and O–H groups in total. The summed E-state index contributed by atoms with van der Waals surface area (Å²) in [7, 11) is 1.49. The minimum Gasteiger partial charge on any atom is -0.458 e. The molecule has 0 radical (unpaired) electrons. The minimum absolute atomic E-state index is 0.330. The fourth-order valence-corrected chi connectivity index (χ4v) is 3.84. The van der Waals surface area contributed by atoms with Crippen molar-refractivity contribution < 1.29 is 14.2 Å². The Morgan fingerprint density at radius 2 is 1.72 bits per heavy atom. The van der Waals surface area contributed by atoms with E-state index in [4.69, 9.17) is 19.9 Å². The van der Waals surface area contributed by atoms with E-state index in [1.165, 1.54) is 7.11 Å². The number of nitrogens with two attached hydrogens (primary N) is 1. The van der Waals surface area contributed by atoms with Crippen LogP contribution in [0.3, 0.4) is 0 Å². The van der Waals surface area contributed by atoms with E-state index in [-0.39, 0.29) is 0 Å². The highest BCUT2D eigenvalue weighted by Gasteiger charge is 2.22. The van der Waals surface area contributed by atoms with Gasteiger partial charge in [-0.3, -0.25) is 0 Å². The van der Waals surface area contributed by atoms with Gasteiger partial charge in [0.15, 0.2) is 34.3 Å². The van der Waals surface area contributed by atoms with E-state index < -0.39 is 0 Å². The van der Waals surface area contributed by atoms with Gasteiger partial charge < -0.3 is 29.8 Å². The van der Waals surface area contributed by atoms with Gasteiger partial charge in [0.1, 0.15) is 5.76 Å². The molecule has 0 unspecified atom stereocenters. The molecule has 32 heavy (non-hydrogen) atoms. The number of nitrogens with zero attached hydrogens (tertiary/aromatic N) is 5. The van der Waals surface area contributed by atoms with Crippen molar-refractivity contribution in [2.24, 2.45) is 0 Å². The number of aromatic amines is 1. The molecule has 166 valence electrons. The van der Waals surface area contributed by atoms with Crippen molar-refractivity contribution in [3.63, 3.8) is 0 Å². The molecule has 1 fully saturated rings. The van der Waals surface area contributed by atoms with Crippen molar-refractivity contribution in [1.29, 1.82) is 0 Å². The number of aromatic nitrogens is 4. The van der Waals surface area contributed by atoms with Crippen molar-refractivity contribution >= 4 is 28.6 Å². The lowest BCUT2D eigenvalue weighted by Gasteiger charge is -2.35. The zero-order chi connectivity index (χ0) is 22.2. The third kappa shape index (κ3) is 3.69. The second-order valence-corrected chi connectivity index (χ2v) is 7.76. The molecule has 10 nitrogen and oxygen atoms in total. The minimum atomic E-state index is 0.330. The first-order chi connectivity index (χ1) is 15.5. The van der Waals surface area contributed by atoms with E-state index in [2.05, 4.69) is 29.7 Å². The predicted molar refractivity (Wildman–Crippen MR) is 122 cm³/mol. The van der Waals surface area contributed by atoms with Gasteiger partial charge in [-0.15, -0.1) is 0 Å². The highest BCUT2D eigenvalue weighted by molar-refractivity contribution is 5.85. The number of nitrogens with one attached hydrogen (secondary N) is 1. The standard InChI is InChI=1S/C22H25N7O3/c1-13-12-17(31-14(13)2)20-25-19(23)18-21(26-20)27-22(24-18)29-10-8-28(9-11-29)15-4-6-16(7-5-15)32-30-3/h4-7,12H,8-11H2,1-3H3,(H3,23,24,25,26,27). The van der Waals surface area contributed by atoms with Gasteiger partial charge in [0, 0.05) is 31.9 Å². The maximum atomic E-state index is 6.19. The summed E-state index contributed by atoms with van der Waals surface area (Å²) in [6.45, 7) is 7.24. The zero-order valence-corrected chi connectivity index (χ0v) is 18.3. The first-order valence-corrected chi connectivity index (χ1v) is 10.4. The van der Waals surface area contributed by atoms with Crippen LogP contribution >= 0.6 is 0 Å². The number of hydrogen-bond donors (Lipinski definition) is 2. The molecule has 1 aliphatic rings. The van der Waals surface area contributed by atoms with E-state index in [0.29, 0.717) is 34.3 Å². The predicted octanol–water partition coefficient (Wildman–Crippen LogP) is 3.08. The Labute approximate surface area is 184 Å². The third-order valence-corrected chi connectivity index (χ3v) is 5.71. The van der Waals surface area contributed by atoms with Crippen molar-refractivity contribution in [3.05, 3.63) is 41.7 Å². The number of benzene rings is 1. The molecule has 5 rings (SSSR count). The van der Waals surface area contributed by atoms with Crippen LogP contribution in [0.4, 0.5) is 17.5 Å². The largest absolute Gasteiger partial charge is 0.458 e. The summed E-state index contributed by atoms with van der Waals surface area (Å²) < 4.78 is 5.76. The average Bonchev–Trinajstić information content (AvgIpc) is 3.38. The molecular formula is C22H25N7O3. The number of furan rings is 1. The average molecular weight is 435 g/mol. The summed E-state index contributed by atoms with van der Waals surface area (Å²) in [5.41, 5.74) is 9.55. The van der Waals surface area contributed by atoms with E-state index in [0.717, 1.165) is 49.1 Å². The van der Waals surface area contributed by atoms with Gasteiger partial charge in [-0.1, -0.05) is 0 Å². The molecule has 10 heteroatoms. The SMILES string of the molecule is COOc1ccc(N2CCN(c3nc4c(N)nc(-c5cc(C)c(C)o5)nc4[nH]3)CC2)cc1. The van der Waals surface area contributed by atoms with Gasteiger partial charge in [-0.05, 0) is 49.7 Å². The summed E-state index contributed by atoms with van der Waals surface area (Å²) in [5.74, 6) is 3.64. The molecule has 1 aromatic carbocycles. The highest BCUT2D eigenvalue weighted by atomic mass is 17.2. The lowest BCUT2D eigenvalue weighted by atomic mass is 10.2. The molecule has 0 amide bonds. The van der Waals surface area contributed by atoms with Crippen LogP contribution in [0.5, 0.6) is 5.75 Å². The summed E-state index contributed by atoms with van der Waals surface area (Å²) in [6.07, 6.45) is 0. The summed E-state index contributed by atoms with van der Waals surface area (Å²) in [6, 6.07) is 9.76. The zero-order valence-electron chi connectivity index (χ0n) is 18.3. The van der Waals surface area contributed by atoms with Crippen LogP contribution in [-0.2, 0) is 4.89 Å². The van der Waals surface area contributed by atoms with Crippen molar-refractivity contribution in [1.82, 2.24) is 19.9 Å². The molecular weight excluding hydrogens is 410 g/mol. The molecule has 0 saturated carbocycles. The maximum absolute atomic E-state index is 6.19. The Kier molecular flexibility index (Phi) is 5.06. The van der Waals surface area contributed by atoms with Crippen LogP contribution in [0, 0.1) is 13.8 Å². The summed E-state index contributed by atoms with van der Waals surface area (Å²) in [5, 5.41) is 0. The number of imidazole rings is 1. The molecule has 1 saturated heterocycles. The number of nitrogen functional groups attached to an aromatic ring is 1. The number of aryl methyl sites for hydroxylation is 2. The maximum Gasteiger partial charge on any atom is 0.205 e. The van der Waals surface area contributed by atoms with Crippen molar-refractivity contribution in [2.45, 2.75) is 13.8 Å². The van der Waals surface area contributed by atoms with Gasteiger partial charge >= 0.3 is 0 Å². The van der Waals surface area contributed by atoms with Gasteiger partial charge in [0.05, 0.1) is 7.11 Å². The number of hydrogen-bond acceptors (Lipinski definition) is 9. The van der Waals surface area contributed by atoms with Crippen LogP contribution in [0.2, 0.25) is 0 Å². The molecule has 0 atom stereocenters. The van der Waals surface area contributed by atoms with Crippen LogP contribution in [0.25, 0.3) is 22.7 Å². The van der Waals surface area contributed by atoms with E-state index in [9.17, 15) is 0 Å². The topological polar surface area (TPSA) is 119 Å². The number of H-pyrrole nitrogens is 1. The number of fused-ring (bicyclic) bond motifs is 1. The monoisotopic (exact) mass is 435 g/mol. The van der Waals surface area contributed by atoms with E-state index in [1.54, 1.807) is 0 Å². The van der Waals surface area contributed by atoms with Crippen molar-refractivity contribution in [2.75, 3.05) is 48.8 Å². The fraction of sp³-hybridized carbons (Fsp3) is 0.318. The first-order valence-electron chi connectivity index (χ1n) is 10.4. The van der Waals surface area contributed by atoms with Gasteiger partial charge in [-0.25, -0.2) is 15.0 Å². The lowest BCUT2D eigenvalue weighted by Crippen LogP contribution is -2.46. The van der Waals surface area contributed by atoms with Crippen LogP contribution < -0.4 is 20.4 Å². The number of anilines is 3. The Bertz CT molecular complexity index is 1220. The summed E-state index contributed by atoms with van der Waals surface area (Å²) >= 11 is 0. The van der Waals surface area contributed by atoms with Crippen molar-refractivity contribution in [3.8, 4) is 17.3 Å².